The zero-order chi connectivity index (χ0) is 19.3. The van der Waals surface area contributed by atoms with Gasteiger partial charge in [0.1, 0.15) is 0 Å². The number of aliphatic imine (C=N–C) groups is 1. The molecule has 0 heterocycles. The van der Waals surface area contributed by atoms with Gasteiger partial charge in [-0.1, -0.05) is 27.2 Å². The Morgan fingerprint density at radius 1 is 1.24 bits per heavy atom. The van der Waals surface area contributed by atoms with E-state index in [-0.39, 0.29) is 11.3 Å². The molecule has 1 amide bonds. The van der Waals surface area contributed by atoms with E-state index in [9.17, 15) is 4.79 Å². The molecule has 0 saturated carbocycles. The van der Waals surface area contributed by atoms with Crippen molar-refractivity contribution in [2.75, 3.05) is 46.8 Å². The van der Waals surface area contributed by atoms with Crippen molar-refractivity contribution >= 4 is 11.9 Å². The van der Waals surface area contributed by atoms with E-state index in [2.05, 4.69) is 48.3 Å². The summed E-state index contributed by atoms with van der Waals surface area (Å²) in [6.07, 6.45) is 5.07. The number of amides is 1. The number of guanidine groups is 1. The summed E-state index contributed by atoms with van der Waals surface area (Å²) in [7, 11) is 4.04. The first-order valence-electron chi connectivity index (χ1n) is 9.05. The van der Waals surface area contributed by atoms with Crippen molar-refractivity contribution in [1.29, 1.82) is 5.26 Å². The highest BCUT2D eigenvalue weighted by molar-refractivity contribution is 5.81. The fraction of sp³-hybridized carbons (Fsp3) is 0.833. The van der Waals surface area contributed by atoms with Gasteiger partial charge in [0.2, 0.25) is 11.9 Å². The van der Waals surface area contributed by atoms with Gasteiger partial charge in [-0.3, -0.25) is 15.1 Å². The highest BCUT2D eigenvalue weighted by Crippen LogP contribution is 2.19. The third-order valence-electron chi connectivity index (χ3n) is 4.11. The number of rotatable bonds is 11. The summed E-state index contributed by atoms with van der Waals surface area (Å²) >= 11 is 0. The number of nitriles is 1. The second kappa shape index (κ2) is 12.5. The van der Waals surface area contributed by atoms with Gasteiger partial charge in [-0.2, -0.15) is 5.26 Å². The molecule has 0 fully saturated rings. The Morgan fingerprint density at radius 3 is 2.48 bits per heavy atom. The van der Waals surface area contributed by atoms with Gasteiger partial charge in [-0.15, -0.1) is 0 Å². The van der Waals surface area contributed by atoms with Crippen LogP contribution in [-0.4, -0.2) is 68.5 Å². The first-order valence-corrected chi connectivity index (χ1v) is 9.05. The normalized spacial score (nSPS) is 12.0. The zero-order valence-electron chi connectivity index (χ0n) is 16.9. The molecule has 25 heavy (non-hydrogen) atoms. The monoisotopic (exact) mass is 352 g/mol. The van der Waals surface area contributed by atoms with Crippen molar-refractivity contribution in [2.45, 2.75) is 47.0 Å². The number of nitrogens with one attached hydrogen (secondary N) is 2. The van der Waals surface area contributed by atoms with Gasteiger partial charge < -0.3 is 15.1 Å². The predicted octanol–water partition coefficient (Wildman–Crippen LogP) is 1.63. The van der Waals surface area contributed by atoms with Crippen LogP contribution in [0.3, 0.4) is 0 Å². The summed E-state index contributed by atoms with van der Waals surface area (Å²) < 4.78 is 0. The first-order chi connectivity index (χ1) is 11.7. The van der Waals surface area contributed by atoms with Crippen LogP contribution in [0.5, 0.6) is 0 Å². The first kappa shape index (κ1) is 23.2. The van der Waals surface area contributed by atoms with Crippen LogP contribution in [0.2, 0.25) is 0 Å². The van der Waals surface area contributed by atoms with Crippen LogP contribution in [0.1, 0.15) is 47.0 Å². The summed E-state index contributed by atoms with van der Waals surface area (Å²) in [4.78, 5) is 19.8. The van der Waals surface area contributed by atoms with E-state index in [1.807, 2.05) is 18.1 Å². The smallest absolute Gasteiger partial charge is 0.216 e. The molecule has 0 spiro atoms. The molecule has 0 aliphatic carbocycles. The number of likely N-dealkylation sites (N-methyl/N-ethyl adjacent to an activating group) is 2. The average molecular weight is 353 g/mol. The highest BCUT2D eigenvalue weighted by atomic mass is 16.1. The number of carbonyl (C=O) groups is 1. The van der Waals surface area contributed by atoms with E-state index < -0.39 is 0 Å². The molecule has 0 radical (unpaired) electrons. The van der Waals surface area contributed by atoms with E-state index in [1.54, 1.807) is 6.92 Å². The van der Waals surface area contributed by atoms with E-state index in [0.29, 0.717) is 12.5 Å². The largest absolute Gasteiger partial charge is 0.356 e. The van der Waals surface area contributed by atoms with Crippen molar-refractivity contribution < 1.29 is 4.79 Å². The molecule has 0 aromatic heterocycles. The summed E-state index contributed by atoms with van der Waals surface area (Å²) in [6, 6.07) is 0. The van der Waals surface area contributed by atoms with Crippen molar-refractivity contribution in [2.24, 2.45) is 10.4 Å². The lowest BCUT2D eigenvalue weighted by atomic mass is 9.89. The Morgan fingerprint density at radius 2 is 1.92 bits per heavy atom. The Kier molecular flexibility index (Phi) is 11.6. The Balaban J connectivity index is 4.28. The number of hydrogen-bond acceptors (Lipinski definition) is 4. The van der Waals surface area contributed by atoms with E-state index in [0.717, 1.165) is 45.4 Å². The molecule has 2 N–H and O–H groups in total. The molecular weight excluding hydrogens is 316 g/mol. The average Bonchev–Trinajstić information content (AvgIpc) is 2.55. The minimum Gasteiger partial charge on any atom is -0.356 e. The predicted molar refractivity (Wildman–Crippen MR) is 103 cm³/mol. The van der Waals surface area contributed by atoms with Gasteiger partial charge in [0.15, 0.2) is 6.19 Å². The molecule has 0 rings (SSSR count). The maximum absolute atomic E-state index is 11.1. The van der Waals surface area contributed by atoms with Crippen LogP contribution < -0.4 is 10.6 Å². The van der Waals surface area contributed by atoms with Crippen molar-refractivity contribution in [1.82, 2.24) is 20.4 Å². The lowest BCUT2D eigenvalue weighted by molar-refractivity contribution is -0.119. The summed E-state index contributed by atoms with van der Waals surface area (Å²) in [5.74, 6) is 0.651. The van der Waals surface area contributed by atoms with E-state index in [1.165, 1.54) is 0 Å². The molecule has 0 aliphatic heterocycles. The Hall–Kier alpha value is -1.81. The molecule has 0 aromatic carbocycles. The molecule has 0 bridgehead atoms. The summed E-state index contributed by atoms with van der Waals surface area (Å²) in [6.45, 7) is 12.1. The van der Waals surface area contributed by atoms with Gasteiger partial charge >= 0.3 is 0 Å². The lowest BCUT2D eigenvalue weighted by Crippen LogP contribution is -2.41. The van der Waals surface area contributed by atoms with Crippen molar-refractivity contribution in [3.63, 3.8) is 0 Å². The Bertz CT molecular complexity index is 455. The van der Waals surface area contributed by atoms with Gasteiger partial charge in [0, 0.05) is 40.2 Å². The van der Waals surface area contributed by atoms with Crippen LogP contribution in [0.15, 0.2) is 4.99 Å². The van der Waals surface area contributed by atoms with Crippen LogP contribution in [-0.2, 0) is 4.79 Å². The second-order valence-electron chi connectivity index (χ2n) is 7.34. The van der Waals surface area contributed by atoms with Crippen molar-refractivity contribution in [3.8, 4) is 6.19 Å². The van der Waals surface area contributed by atoms with Gasteiger partial charge in [0.25, 0.3) is 0 Å². The molecular formula is C18H36N6O. The number of unbranched alkanes of at least 4 members (excludes halogenated alkanes) is 1. The van der Waals surface area contributed by atoms with E-state index >= 15 is 0 Å². The molecule has 7 heteroatoms. The molecule has 0 atom stereocenters. The van der Waals surface area contributed by atoms with Gasteiger partial charge in [-0.25, -0.2) is 0 Å². The van der Waals surface area contributed by atoms with Crippen LogP contribution in [0.25, 0.3) is 0 Å². The van der Waals surface area contributed by atoms with Crippen molar-refractivity contribution in [3.05, 3.63) is 0 Å². The highest BCUT2D eigenvalue weighted by Gasteiger charge is 2.19. The fourth-order valence-electron chi connectivity index (χ4n) is 2.13. The Labute approximate surface area is 153 Å². The topological polar surface area (TPSA) is 83.8 Å². The number of carbonyl (C=O) groups excluding carboxylic acids is 1. The molecule has 7 nitrogen and oxygen atoms in total. The number of nitrogens with zero attached hydrogens (tertiary/aromatic N) is 4. The fourth-order valence-corrected chi connectivity index (χ4v) is 2.13. The molecule has 144 valence electrons. The minimum atomic E-state index is 0.0166. The molecule has 0 aliphatic rings. The molecule has 0 unspecified atom stereocenters. The third-order valence-corrected chi connectivity index (χ3v) is 4.11. The van der Waals surface area contributed by atoms with Crippen LogP contribution >= 0.6 is 0 Å². The maximum atomic E-state index is 11.1. The summed E-state index contributed by atoms with van der Waals surface area (Å²) in [5, 5.41) is 14.4. The SMILES string of the molecule is CCCCN=C(NC#N)N(C)CCN(C)CCC(C)(C)CNC(C)=O. The molecule has 0 saturated heterocycles. The van der Waals surface area contributed by atoms with Gasteiger partial charge in [0.05, 0.1) is 0 Å². The number of hydrogen-bond donors (Lipinski definition) is 2. The maximum Gasteiger partial charge on any atom is 0.216 e. The van der Waals surface area contributed by atoms with E-state index in [4.69, 9.17) is 5.26 Å². The third kappa shape index (κ3) is 12.2. The minimum absolute atomic E-state index is 0.0166. The van der Waals surface area contributed by atoms with Crippen LogP contribution in [0, 0.1) is 16.9 Å². The lowest BCUT2D eigenvalue weighted by Gasteiger charge is -2.29. The zero-order valence-corrected chi connectivity index (χ0v) is 16.9. The quantitative estimate of drug-likeness (QED) is 0.194. The van der Waals surface area contributed by atoms with Crippen LogP contribution in [0.4, 0.5) is 0 Å². The second-order valence-corrected chi connectivity index (χ2v) is 7.34. The summed E-state index contributed by atoms with van der Waals surface area (Å²) in [5.41, 5.74) is 0.0704. The standard InChI is InChI=1S/C18H36N6O/c1-7-8-10-20-17(22-15-19)24(6)13-12-23(5)11-9-18(3,4)14-21-16(2)25/h7-14H2,1-6H3,(H,20,22)(H,21,25). The van der Waals surface area contributed by atoms with Gasteiger partial charge in [-0.05, 0) is 31.8 Å². The molecule has 0 aromatic rings.